The van der Waals surface area contributed by atoms with Crippen molar-refractivity contribution in [1.29, 1.82) is 0 Å². The zero-order valence-electron chi connectivity index (χ0n) is 11.1. The Morgan fingerprint density at radius 3 is 1.53 bits per heavy atom. The normalized spacial score (nSPS) is 21.0. The molecule has 15 heavy (non-hydrogen) atoms. The molecule has 0 aromatic rings. The summed E-state index contributed by atoms with van der Waals surface area (Å²) in [5.41, 5.74) is 0. The van der Waals surface area contributed by atoms with Gasteiger partial charge in [-0.25, -0.2) is 0 Å². The van der Waals surface area contributed by atoms with Gasteiger partial charge in [-0.05, 0) is 0 Å². The Balaban J connectivity index is 2.62. The van der Waals surface area contributed by atoms with Crippen LogP contribution < -0.4 is 0 Å². The molecule has 1 saturated carbocycles. The van der Waals surface area contributed by atoms with Crippen LogP contribution in [0.1, 0.15) is 65.7 Å². The minimum atomic E-state index is -1.66. The summed E-state index contributed by atoms with van der Waals surface area (Å²) >= 11 is -1.66. The average molecular weight is 317 g/mol. The van der Waals surface area contributed by atoms with Crippen LogP contribution in [0, 0.1) is 0 Å². The summed E-state index contributed by atoms with van der Waals surface area (Å²) in [4.78, 5) is 0. The molecule has 0 spiro atoms. The molecule has 0 amide bonds. The SMILES string of the molecule is C[CH2][Sn]([CH2]C)([CH2]C)[CH]1CCCCCCC1. The zero-order chi connectivity index (χ0) is 11.1. The van der Waals surface area contributed by atoms with Crippen molar-refractivity contribution in [1.82, 2.24) is 0 Å². The molecular formula is C14H30Sn. The molecule has 1 rings (SSSR count). The first-order valence-electron chi connectivity index (χ1n) is 7.29. The predicted molar refractivity (Wildman–Crippen MR) is 73.3 cm³/mol. The van der Waals surface area contributed by atoms with Crippen molar-refractivity contribution >= 4 is 18.4 Å². The second-order valence-corrected chi connectivity index (χ2v) is 21.6. The summed E-state index contributed by atoms with van der Waals surface area (Å²) in [5.74, 6) is 0. The second-order valence-electron chi connectivity index (χ2n) is 5.47. The molecule has 1 aliphatic rings. The van der Waals surface area contributed by atoms with Gasteiger partial charge in [0.2, 0.25) is 0 Å². The van der Waals surface area contributed by atoms with Crippen molar-refractivity contribution in [2.45, 2.75) is 83.0 Å². The molecule has 0 aromatic carbocycles. The fourth-order valence-corrected chi connectivity index (χ4v) is 17.6. The summed E-state index contributed by atoms with van der Waals surface area (Å²) in [6.07, 6.45) is 10.9. The number of hydrogen-bond acceptors (Lipinski definition) is 0. The molecule has 0 heterocycles. The molecule has 0 N–H and O–H groups in total. The first kappa shape index (κ1) is 13.9. The van der Waals surface area contributed by atoms with Crippen LogP contribution in [0.2, 0.25) is 17.2 Å². The van der Waals surface area contributed by atoms with E-state index in [1.54, 1.807) is 39.0 Å². The van der Waals surface area contributed by atoms with E-state index < -0.39 is 18.4 Å². The summed E-state index contributed by atoms with van der Waals surface area (Å²) in [7, 11) is 0. The molecule has 0 saturated heterocycles. The van der Waals surface area contributed by atoms with Crippen LogP contribution in [-0.4, -0.2) is 18.4 Å². The molecule has 0 aliphatic heterocycles. The zero-order valence-corrected chi connectivity index (χ0v) is 14.0. The summed E-state index contributed by atoms with van der Waals surface area (Å²) in [6, 6.07) is 0. The third kappa shape index (κ3) is 3.64. The van der Waals surface area contributed by atoms with E-state index in [1.807, 2.05) is 0 Å². The van der Waals surface area contributed by atoms with E-state index in [0.29, 0.717) is 0 Å². The van der Waals surface area contributed by atoms with Gasteiger partial charge < -0.3 is 0 Å². The van der Waals surface area contributed by atoms with E-state index in [2.05, 4.69) is 20.8 Å². The molecule has 0 aromatic heterocycles. The first-order valence-corrected chi connectivity index (χ1v) is 15.0. The maximum atomic E-state index is 2.50. The Hall–Kier alpha value is 0.799. The predicted octanol–water partition coefficient (Wildman–Crippen LogP) is 5.61. The monoisotopic (exact) mass is 318 g/mol. The van der Waals surface area contributed by atoms with Gasteiger partial charge in [-0.15, -0.1) is 0 Å². The van der Waals surface area contributed by atoms with Crippen molar-refractivity contribution in [3.05, 3.63) is 0 Å². The van der Waals surface area contributed by atoms with Gasteiger partial charge in [0.1, 0.15) is 0 Å². The van der Waals surface area contributed by atoms with Crippen LogP contribution in [0.4, 0.5) is 0 Å². The molecule has 1 fully saturated rings. The second kappa shape index (κ2) is 7.19. The van der Waals surface area contributed by atoms with Crippen LogP contribution in [-0.2, 0) is 0 Å². The maximum absolute atomic E-state index is 2.50. The van der Waals surface area contributed by atoms with Gasteiger partial charge in [0.25, 0.3) is 0 Å². The van der Waals surface area contributed by atoms with Crippen LogP contribution >= 0.6 is 0 Å². The number of rotatable bonds is 4. The van der Waals surface area contributed by atoms with E-state index in [0.717, 1.165) is 0 Å². The van der Waals surface area contributed by atoms with Gasteiger partial charge >= 0.3 is 101 Å². The van der Waals surface area contributed by atoms with E-state index >= 15 is 0 Å². The molecule has 1 heteroatoms. The van der Waals surface area contributed by atoms with E-state index in [4.69, 9.17) is 0 Å². The Morgan fingerprint density at radius 1 is 0.733 bits per heavy atom. The third-order valence-electron chi connectivity index (χ3n) is 5.08. The molecule has 90 valence electrons. The van der Waals surface area contributed by atoms with Gasteiger partial charge in [0.15, 0.2) is 0 Å². The molecular weight excluding hydrogens is 287 g/mol. The van der Waals surface area contributed by atoms with Crippen molar-refractivity contribution in [3.63, 3.8) is 0 Å². The van der Waals surface area contributed by atoms with Gasteiger partial charge in [-0.3, -0.25) is 0 Å². The van der Waals surface area contributed by atoms with Crippen LogP contribution in [0.15, 0.2) is 0 Å². The minimum absolute atomic E-state index is 1.24. The van der Waals surface area contributed by atoms with Gasteiger partial charge in [0, 0.05) is 0 Å². The van der Waals surface area contributed by atoms with Gasteiger partial charge in [0.05, 0.1) is 0 Å². The fraction of sp³-hybridized carbons (Fsp3) is 1.00. The molecule has 1 aliphatic carbocycles. The summed E-state index contributed by atoms with van der Waals surface area (Å²) in [5, 5.41) is 0. The van der Waals surface area contributed by atoms with Crippen LogP contribution in [0.25, 0.3) is 0 Å². The summed E-state index contributed by atoms with van der Waals surface area (Å²) in [6.45, 7) is 7.51. The molecule has 0 radical (unpaired) electrons. The standard InChI is InChI=1S/C8H15.3C2H5.Sn/c1-2-4-6-8-7-5-3-1;3*1-2;/h1H,2-8H2;3*1H2,2H3;. The quantitative estimate of drug-likeness (QED) is 0.591. The van der Waals surface area contributed by atoms with Gasteiger partial charge in [-0.1, -0.05) is 0 Å². The first-order chi connectivity index (χ1) is 7.29. The Kier molecular flexibility index (Phi) is 6.64. The molecule has 0 unspecified atom stereocenters. The Bertz CT molecular complexity index is 144. The van der Waals surface area contributed by atoms with E-state index in [9.17, 15) is 0 Å². The van der Waals surface area contributed by atoms with Crippen LogP contribution in [0.3, 0.4) is 0 Å². The van der Waals surface area contributed by atoms with Crippen LogP contribution in [0.5, 0.6) is 0 Å². The average Bonchev–Trinajstić information content (AvgIpc) is 2.23. The molecule has 0 atom stereocenters. The molecule has 0 nitrogen and oxygen atoms in total. The van der Waals surface area contributed by atoms with Crippen molar-refractivity contribution in [3.8, 4) is 0 Å². The van der Waals surface area contributed by atoms with E-state index in [1.165, 1.54) is 23.2 Å². The van der Waals surface area contributed by atoms with Crippen molar-refractivity contribution in [2.75, 3.05) is 0 Å². The van der Waals surface area contributed by atoms with Gasteiger partial charge in [-0.2, -0.15) is 0 Å². The fourth-order valence-electron chi connectivity index (χ4n) is 3.68. The van der Waals surface area contributed by atoms with Crippen molar-refractivity contribution < 1.29 is 0 Å². The van der Waals surface area contributed by atoms with Crippen molar-refractivity contribution in [2.24, 2.45) is 0 Å². The van der Waals surface area contributed by atoms with E-state index in [-0.39, 0.29) is 0 Å². The third-order valence-corrected chi connectivity index (χ3v) is 23.7. The Labute approximate surface area is 101 Å². The molecule has 0 bridgehead atoms. The topological polar surface area (TPSA) is 0 Å². The summed E-state index contributed by atoms with van der Waals surface area (Å²) < 4.78 is 6.05. The number of hydrogen-bond donors (Lipinski definition) is 0. The Morgan fingerprint density at radius 2 is 1.13 bits per heavy atom.